The number of nitrogens with one attached hydrogen (secondary N) is 1. The van der Waals surface area contributed by atoms with Gasteiger partial charge in [0.1, 0.15) is 0 Å². The second-order valence-corrected chi connectivity index (χ2v) is 9.09. The highest BCUT2D eigenvalue weighted by atomic mass is 35.5. The van der Waals surface area contributed by atoms with Gasteiger partial charge in [-0.2, -0.15) is 4.31 Å². The summed E-state index contributed by atoms with van der Waals surface area (Å²) in [5, 5.41) is 2.54. The molecule has 27 heavy (non-hydrogen) atoms. The fourth-order valence-corrected chi connectivity index (χ4v) is 3.71. The molecule has 0 aliphatic carbocycles. The summed E-state index contributed by atoms with van der Waals surface area (Å²) in [6, 6.07) is -0.655. The lowest BCUT2D eigenvalue weighted by molar-refractivity contribution is -0.134. The van der Waals surface area contributed by atoms with Gasteiger partial charge in [-0.15, -0.1) is 12.4 Å². The van der Waals surface area contributed by atoms with Crippen molar-refractivity contribution in [2.75, 3.05) is 45.1 Å². The first-order valence-corrected chi connectivity index (χ1v) is 10.6. The number of piperazine rings is 1. The molecule has 0 bridgehead atoms. The molecule has 160 valence electrons. The molecule has 1 aliphatic rings. The SMILES string of the molecule is CC(C)OCCS(=O)(=O)N1CCN(C(=O)CNC(=O)[C@@H](N)C(C)C)CC1.Cl. The van der Waals surface area contributed by atoms with Gasteiger partial charge in [-0.1, -0.05) is 13.8 Å². The third-order valence-corrected chi connectivity index (χ3v) is 6.05. The van der Waals surface area contributed by atoms with Gasteiger partial charge in [0.2, 0.25) is 21.8 Å². The van der Waals surface area contributed by atoms with E-state index in [2.05, 4.69) is 5.32 Å². The zero-order chi connectivity index (χ0) is 19.9. The molecule has 3 N–H and O–H groups in total. The Morgan fingerprint density at radius 3 is 2.15 bits per heavy atom. The third kappa shape index (κ3) is 8.73. The summed E-state index contributed by atoms with van der Waals surface area (Å²) in [6.45, 7) is 8.48. The smallest absolute Gasteiger partial charge is 0.242 e. The van der Waals surface area contributed by atoms with Crippen LogP contribution in [0, 0.1) is 5.92 Å². The molecule has 11 heteroatoms. The van der Waals surface area contributed by atoms with Crippen molar-refractivity contribution in [3.8, 4) is 0 Å². The molecule has 1 aliphatic heterocycles. The maximum Gasteiger partial charge on any atom is 0.242 e. The van der Waals surface area contributed by atoms with Crippen LogP contribution in [0.2, 0.25) is 0 Å². The molecule has 0 spiro atoms. The molecule has 1 saturated heterocycles. The number of nitrogens with two attached hydrogens (primary N) is 1. The number of carbonyl (C=O) groups is 2. The van der Waals surface area contributed by atoms with E-state index in [0.29, 0.717) is 13.1 Å². The minimum absolute atomic E-state index is 0. The van der Waals surface area contributed by atoms with Crippen molar-refractivity contribution in [3.05, 3.63) is 0 Å². The fourth-order valence-electron chi connectivity index (χ4n) is 2.43. The highest BCUT2D eigenvalue weighted by Crippen LogP contribution is 2.09. The Labute approximate surface area is 168 Å². The number of hydrogen-bond donors (Lipinski definition) is 2. The van der Waals surface area contributed by atoms with E-state index in [1.54, 1.807) is 4.90 Å². The number of amides is 2. The zero-order valence-corrected chi connectivity index (χ0v) is 18.1. The number of carbonyl (C=O) groups excluding carboxylic acids is 2. The van der Waals surface area contributed by atoms with Crippen molar-refractivity contribution >= 4 is 34.2 Å². The average Bonchev–Trinajstić information content (AvgIpc) is 2.58. The van der Waals surface area contributed by atoms with E-state index in [4.69, 9.17) is 10.5 Å². The summed E-state index contributed by atoms with van der Waals surface area (Å²) < 4.78 is 31.2. The summed E-state index contributed by atoms with van der Waals surface area (Å²) in [5.41, 5.74) is 5.73. The molecular weight excluding hydrogens is 396 g/mol. The van der Waals surface area contributed by atoms with Gasteiger partial charge in [-0.3, -0.25) is 9.59 Å². The average molecular weight is 429 g/mol. The van der Waals surface area contributed by atoms with Gasteiger partial charge in [0.25, 0.3) is 0 Å². The van der Waals surface area contributed by atoms with Gasteiger partial charge in [-0.25, -0.2) is 8.42 Å². The molecule has 0 radical (unpaired) electrons. The van der Waals surface area contributed by atoms with Gasteiger partial charge in [0.05, 0.1) is 31.1 Å². The van der Waals surface area contributed by atoms with E-state index in [1.165, 1.54) is 4.31 Å². The molecule has 1 rings (SSSR count). The highest BCUT2D eigenvalue weighted by molar-refractivity contribution is 7.89. The van der Waals surface area contributed by atoms with E-state index in [9.17, 15) is 18.0 Å². The van der Waals surface area contributed by atoms with Crippen LogP contribution in [0.3, 0.4) is 0 Å². The number of sulfonamides is 1. The Kier molecular flexibility index (Phi) is 11.4. The van der Waals surface area contributed by atoms with Crippen LogP contribution >= 0.6 is 12.4 Å². The molecule has 1 fully saturated rings. The second-order valence-electron chi connectivity index (χ2n) is 7.00. The Balaban J connectivity index is 0.00000676. The minimum Gasteiger partial charge on any atom is -0.378 e. The summed E-state index contributed by atoms with van der Waals surface area (Å²) in [7, 11) is -3.39. The second kappa shape index (κ2) is 11.8. The Morgan fingerprint density at radius 2 is 1.67 bits per heavy atom. The Hall–Kier alpha value is -0.940. The Morgan fingerprint density at radius 1 is 1.11 bits per heavy atom. The normalized spacial score (nSPS) is 16.9. The number of ether oxygens (including phenoxy) is 1. The van der Waals surface area contributed by atoms with Crippen LogP contribution in [0.4, 0.5) is 0 Å². The first kappa shape index (κ1) is 26.1. The molecule has 2 amide bonds. The van der Waals surface area contributed by atoms with E-state index in [-0.39, 0.29) is 68.2 Å². The van der Waals surface area contributed by atoms with Crippen LogP contribution in [0.15, 0.2) is 0 Å². The van der Waals surface area contributed by atoms with Crippen molar-refractivity contribution in [3.63, 3.8) is 0 Å². The number of hydrogen-bond acceptors (Lipinski definition) is 6. The van der Waals surface area contributed by atoms with Gasteiger partial charge < -0.3 is 20.7 Å². The van der Waals surface area contributed by atoms with Crippen molar-refractivity contribution < 1.29 is 22.7 Å². The maximum absolute atomic E-state index is 12.3. The molecule has 0 unspecified atom stereocenters. The van der Waals surface area contributed by atoms with Crippen LogP contribution < -0.4 is 11.1 Å². The maximum atomic E-state index is 12.3. The monoisotopic (exact) mass is 428 g/mol. The van der Waals surface area contributed by atoms with Gasteiger partial charge in [0, 0.05) is 26.2 Å². The first-order valence-electron chi connectivity index (χ1n) is 8.95. The van der Waals surface area contributed by atoms with Gasteiger partial charge in [0.15, 0.2) is 0 Å². The molecule has 0 aromatic rings. The van der Waals surface area contributed by atoms with E-state index < -0.39 is 16.1 Å². The number of halogens is 1. The van der Waals surface area contributed by atoms with E-state index in [0.717, 1.165) is 0 Å². The lowest BCUT2D eigenvalue weighted by Crippen LogP contribution is -2.54. The van der Waals surface area contributed by atoms with Crippen LogP contribution in [-0.2, 0) is 24.3 Å². The largest absolute Gasteiger partial charge is 0.378 e. The van der Waals surface area contributed by atoms with Crippen LogP contribution in [0.25, 0.3) is 0 Å². The quantitative estimate of drug-likeness (QED) is 0.506. The molecule has 9 nitrogen and oxygen atoms in total. The van der Waals surface area contributed by atoms with Crippen molar-refractivity contribution in [2.45, 2.75) is 39.8 Å². The first-order chi connectivity index (χ1) is 12.0. The molecule has 0 aromatic heterocycles. The van der Waals surface area contributed by atoms with Crippen molar-refractivity contribution in [1.82, 2.24) is 14.5 Å². The molecule has 1 heterocycles. The predicted molar refractivity (Wildman–Crippen MR) is 106 cm³/mol. The number of nitrogens with zero attached hydrogens (tertiary/aromatic N) is 2. The van der Waals surface area contributed by atoms with Crippen LogP contribution in [0.1, 0.15) is 27.7 Å². The van der Waals surface area contributed by atoms with Crippen LogP contribution in [-0.4, -0.2) is 86.7 Å². The van der Waals surface area contributed by atoms with Gasteiger partial charge in [-0.05, 0) is 19.8 Å². The molecular formula is C16H33ClN4O5S. The standard InChI is InChI=1S/C16H32N4O5S.ClH/c1-12(2)15(17)16(22)18-11-14(21)19-5-7-20(8-6-19)26(23,24)10-9-25-13(3)4;/h12-13,15H,5-11,17H2,1-4H3,(H,18,22);1H/t15-;/m0./s1. The van der Waals surface area contributed by atoms with Crippen LogP contribution in [0.5, 0.6) is 0 Å². The van der Waals surface area contributed by atoms with E-state index in [1.807, 2.05) is 27.7 Å². The lowest BCUT2D eigenvalue weighted by Gasteiger charge is -2.34. The minimum atomic E-state index is -3.39. The summed E-state index contributed by atoms with van der Waals surface area (Å²) >= 11 is 0. The van der Waals surface area contributed by atoms with Gasteiger partial charge >= 0.3 is 0 Å². The molecule has 0 aromatic carbocycles. The summed E-state index contributed by atoms with van der Waals surface area (Å²) in [5.74, 6) is -0.685. The highest BCUT2D eigenvalue weighted by Gasteiger charge is 2.29. The van der Waals surface area contributed by atoms with E-state index >= 15 is 0 Å². The molecule has 1 atom stereocenters. The summed E-state index contributed by atoms with van der Waals surface area (Å²) in [6.07, 6.45) is -0.0151. The lowest BCUT2D eigenvalue weighted by atomic mass is 10.1. The fraction of sp³-hybridized carbons (Fsp3) is 0.875. The zero-order valence-electron chi connectivity index (χ0n) is 16.5. The third-order valence-electron chi connectivity index (χ3n) is 4.21. The molecule has 0 saturated carbocycles. The Bertz CT molecular complexity index is 577. The summed E-state index contributed by atoms with van der Waals surface area (Å²) in [4.78, 5) is 25.5. The van der Waals surface area contributed by atoms with Crippen molar-refractivity contribution in [1.29, 1.82) is 0 Å². The van der Waals surface area contributed by atoms with Crippen molar-refractivity contribution in [2.24, 2.45) is 11.7 Å². The predicted octanol–water partition coefficient (Wildman–Crippen LogP) is -0.593. The number of rotatable bonds is 9. The topological polar surface area (TPSA) is 122 Å².